The Kier molecular flexibility index (Phi) is 5.36. The molecule has 24 heavy (non-hydrogen) atoms. The van der Waals surface area contributed by atoms with Crippen molar-refractivity contribution in [3.8, 4) is 0 Å². The van der Waals surface area contributed by atoms with E-state index in [1.54, 1.807) is 12.3 Å². The Morgan fingerprint density at radius 2 is 2.00 bits per heavy atom. The van der Waals surface area contributed by atoms with Crippen LogP contribution >= 0.6 is 0 Å². The van der Waals surface area contributed by atoms with E-state index in [4.69, 9.17) is 0 Å². The van der Waals surface area contributed by atoms with E-state index in [2.05, 4.69) is 39.4 Å². The van der Waals surface area contributed by atoms with Crippen molar-refractivity contribution in [2.75, 3.05) is 57.8 Å². The molecule has 2 aliphatic rings. The second kappa shape index (κ2) is 7.49. The van der Waals surface area contributed by atoms with Crippen LogP contribution in [0.3, 0.4) is 0 Å². The van der Waals surface area contributed by atoms with E-state index in [1.165, 1.54) is 0 Å². The summed E-state index contributed by atoms with van der Waals surface area (Å²) in [6.07, 6.45) is 3.96. The molecule has 132 valence electrons. The van der Waals surface area contributed by atoms with Gasteiger partial charge in [0.15, 0.2) is 0 Å². The van der Waals surface area contributed by atoms with Gasteiger partial charge in [0.05, 0.1) is 0 Å². The number of hydrogen-bond acceptors (Lipinski definition) is 5. The minimum Gasteiger partial charge on any atom is -0.354 e. The van der Waals surface area contributed by atoms with E-state index < -0.39 is 0 Å². The fraction of sp³-hybridized carbons (Fsp3) is 0.667. The summed E-state index contributed by atoms with van der Waals surface area (Å²) in [6.45, 7) is 9.05. The van der Waals surface area contributed by atoms with Crippen molar-refractivity contribution in [2.45, 2.75) is 19.8 Å². The molecule has 3 heterocycles. The summed E-state index contributed by atoms with van der Waals surface area (Å²) in [5.41, 5.74) is 0.908. The van der Waals surface area contributed by atoms with Gasteiger partial charge in [0.1, 0.15) is 5.82 Å². The number of likely N-dealkylation sites (N-methyl/N-ethyl adjacent to an activating group) is 1. The number of anilines is 1. The van der Waals surface area contributed by atoms with Crippen LogP contribution < -0.4 is 15.5 Å². The second-order valence-corrected chi connectivity index (χ2v) is 7.44. The third-order valence-corrected chi connectivity index (χ3v) is 5.32. The SMILES string of the molecule is CN1CCN(c2cc(C(=O)NCC3(C)CCNCC3)ccn2)CC1. The predicted octanol–water partition coefficient (Wildman–Crippen LogP) is 0.953. The highest BCUT2D eigenvalue weighted by Crippen LogP contribution is 2.26. The standard InChI is InChI=1S/C18H29N5O/c1-18(4-7-19-8-5-18)14-21-17(24)15-3-6-20-16(13-15)23-11-9-22(2)10-12-23/h3,6,13,19H,4-5,7-12,14H2,1-2H3,(H,21,24). The number of aromatic nitrogens is 1. The number of rotatable bonds is 4. The Morgan fingerprint density at radius 3 is 2.71 bits per heavy atom. The van der Waals surface area contributed by atoms with Gasteiger partial charge >= 0.3 is 0 Å². The molecule has 2 saturated heterocycles. The van der Waals surface area contributed by atoms with Crippen molar-refractivity contribution >= 4 is 11.7 Å². The highest BCUT2D eigenvalue weighted by molar-refractivity contribution is 5.94. The van der Waals surface area contributed by atoms with Crippen molar-refractivity contribution in [2.24, 2.45) is 5.41 Å². The van der Waals surface area contributed by atoms with Crippen molar-refractivity contribution in [1.29, 1.82) is 0 Å². The van der Waals surface area contributed by atoms with Crippen molar-refractivity contribution in [3.63, 3.8) is 0 Å². The number of carbonyl (C=O) groups excluding carboxylic acids is 1. The predicted molar refractivity (Wildman–Crippen MR) is 96.5 cm³/mol. The van der Waals surface area contributed by atoms with Gasteiger partial charge in [0, 0.05) is 44.5 Å². The van der Waals surface area contributed by atoms with Crippen LogP contribution in [0.25, 0.3) is 0 Å². The Labute approximate surface area is 144 Å². The molecule has 6 heteroatoms. The van der Waals surface area contributed by atoms with Gasteiger partial charge in [0.2, 0.25) is 0 Å². The molecular formula is C18H29N5O. The summed E-state index contributed by atoms with van der Waals surface area (Å²) in [5, 5.41) is 6.50. The summed E-state index contributed by atoms with van der Waals surface area (Å²) in [4.78, 5) is 21.6. The molecular weight excluding hydrogens is 302 g/mol. The number of piperazine rings is 1. The first-order valence-corrected chi connectivity index (χ1v) is 8.94. The Hall–Kier alpha value is -1.66. The monoisotopic (exact) mass is 331 g/mol. The molecule has 0 saturated carbocycles. The fourth-order valence-corrected chi connectivity index (χ4v) is 3.37. The maximum absolute atomic E-state index is 12.5. The lowest BCUT2D eigenvalue weighted by Crippen LogP contribution is -2.45. The fourth-order valence-electron chi connectivity index (χ4n) is 3.37. The summed E-state index contributed by atoms with van der Waals surface area (Å²) in [7, 11) is 2.13. The van der Waals surface area contributed by atoms with Crippen LogP contribution in [0.4, 0.5) is 5.82 Å². The van der Waals surface area contributed by atoms with Crippen LogP contribution in [0.5, 0.6) is 0 Å². The molecule has 2 fully saturated rings. The van der Waals surface area contributed by atoms with Crippen LogP contribution in [0.2, 0.25) is 0 Å². The molecule has 2 aliphatic heterocycles. The summed E-state index contributed by atoms with van der Waals surface area (Å²) >= 11 is 0. The van der Waals surface area contributed by atoms with Crippen molar-refractivity contribution < 1.29 is 4.79 Å². The van der Waals surface area contributed by atoms with E-state index in [9.17, 15) is 4.79 Å². The maximum Gasteiger partial charge on any atom is 0.251 e. The minimum absolute atomic E-state index is 0.00698. The number of nitrogens with zero attached hydrogens (tertiary/aromatic N) is 3. The molecule has 1 aromatic heterocycles. The first-order chi connectivity index (χ1) is 11.6. The zero-order chi connectivity index (χ0) is 17.0. The zero-order valence-corrected chi connectivity index (χ0v) is 14.8. The molecule has 2 N–H and O–H groups in total. The Morgan fingerprint density at radius 1 is 1.29 bits per heavy atom. The Bertz CT molecular complexity index is 562. The van der Waals surface area contributed by atoms with Crippen LogP contribution in [0.1, 0.15) is 30.1 Å². The zero-order valence-electron chi connectivity index (χ0n) is 14.8. The molecule has 0 unspecified atom stereocenters. The van der Waals surface area contributed by atoms with Gasteiger partial charge in [-0.2, -0.15) is 0 Å². The molecule has 6 nitrogen and oxygen atoms in total. The topological polar surface area (TPSA) is 60.5 Å². The van der Waals surface area contributed by atoms with Gasteiger partial charge in [-0.05, 0) is 50.5 Å². The van der Waals surface area contributed by atoms with E-state index >= 15 is 0 Å². The highest BCUT2D eigenvalue weighted by atomic mass is 16.1. The lowest BCUT2D eigenvalue weighted by atomic mass is 9.81. The summed E-state index contributed by atoms with van der Waals surface area (Å²) in [6, 6.07) is 3.73. The van der Waals surface area contributed by atoms with Crippen LogP contribution in [-0.4, -0.2) is 68.7 Å². The third-order valence-electron chi connectivity index (χ3n) is 5.32. The number of nitrogens with one attached hydrogen (secondary N) is 2. The van der Waals surface area contributed by atoms with E-state index in [0.717, 1.165) is 64.5 Å². The second-order valence-electron chi connectivity index (χ2n) is 7.44. The average Bonchev–Trinajstić information content (AvgIpc) is 2.61. The molecule has 0 radical (unpaired) electrons. The largest absolute Gasteiger partial charge is 0.354 e. The first-order valence-electron chi connectivity index (χ1n) is 8.94. The van der Waals surface area contributed by atoms with Gasteiger partial charge in [-0.15, -0.1) is 0 Å². The molecule has 0 bridgehead atoms. The number of amides is 1. The number of piperidine rings is 1. The van der Waals surface area contributed by atoms with E-state index in [-0.39, 0.29) is 11.3 Å². The van der Waals surface area contributed by atoms with Gasteiger partial charge < -0.3 is 20.4 Å². The minimum atomic E-state index is 0.00698. The number of carbonyl (C=O) groups is 1. The van der Waals surface area contributed by atoms with Gasteiger partial charge in [0.25, 0.3) is 5.91 Å². The Balaban J connectivity index is 1.59. The van der Waals surface area contributed by atoms with Crippen molar-refractivity contribution in [3.05, 3.63) is 23.9 Å². The van der Waals surface area contributed by atoms with Gasteiger partial charge in [-0.1, -0.05) is 6.92 Å². The quantitative estimate of drug-likeness (QED) is 0.860. The molecule has 3 rings (SSSR count). The van der Waals surface area contributed by atoms with Crippen LogP contribution in [-0.2, 0) is 0 Å². The number of hydrogen-bond donors (Lipinski definition) is 2. The molecule has 1 amide bonds. The van der Waals surface area contributed by atoms with Gasteiger partial charge in [-0.25, -0.2) is 4.98 Å². The molecule has 0 spiro atoms. The normalized spacial score (nSPS) is 21.5. The summed E-state index contributed by atoms with van der Waals surface area (Å²) < 4.78 is 0. The molecule has 0 atom stereocenters. The van der Waals surface area contributed by atoms with Gasteiger partial charge in [-0.3, -0.25) is 4.79 Å². The van der Waals surface area contributed by atoms with E-state index in [1.807, 2.05) is 6.07 Å². The van der Waals surface area contributed by atoms with E-state index in [0.29, 0.717) is 5.56 Å². The summed E-state index contributed by atoms with van der Waals surface area (Å²) in [5.74, 6) is 0.913. The lowest BCUT2D eigenvalue weighted by molar-refractivity contribution is 0.0922. The maximum atomic E-state index is 12.5. The molecule has 0 aromatic carbocycles. The number of pyridine rings is 1. The first kappa shape index (κ1) is 17.2. The molecule has 1 aromatic rings. The lowest BCUT2D eigenvalue weighted by Gasteiger charge is -2.34. The average molecular weight is 331 g/mol. The molecule has 0 aliphatic carbocycles. The highest BCUT2D eigenvalue weighted by Gasteiger charge is 2.27. The smallest absolute Gasteiger partial charge is 0.251 e. The van der Waals surface area contributed by atoms with Crippen LogP contribution in [0, 0.1) is 5.41 Å². The third kappa shape index (κ3) is 4.24. The van der Waals surface area contributed by atoms with Crippen molar-refractivity contribution in [1.82, 2.24) is 20.5 Å². The van der Waals surface area contributed by atoms with Crippen LogP contribution in [0.15, 0.2) is 18.3 Å².